The third-order valence-electron chi connectivity index (χ3n) is 3.71. The van der Waals surface area contributed by atoms with Gasteiger partial charge < -0.3 is 0 Å². The normalized spacial score (nSPS) is 28.1. The van der Waals surface area contributed by atoms with Gasteiger partial charge in [0.25, 0.3) is 0 Å². The summed E-state index contributed by atoms with van der Waals surface area (Å²) in [4.78, 5) is 14.4. The van der Waals surface area contributed by atoms with E-state index < -0.39 is 0 Å². The van der Waals surface area contributed by atoms with Crippen LogP contribution in [-0.4, -0.2) is 29.8 Å². The van der Waals surface area contributed by atoms with Crippen LogP contribution >= 0.6 is 0 Å². The molecule has 1 fully saturated rings. The monoisotopic (exact) mass is 225 g/mol. The Morgan fingerprint density at radius 1 is 1.25 bits per heavy atom. The van der Waals surface area contributed by atoms with Crippen molar-refractivity contribution in [1.82, 2.24) is 4.90 Å². The van der Waals surface area contributed by atoms with Crippen molar-refractivity contribution < 1.29 is 4.79 Å². The molecule has 2 nitrogen and oxygen atoms in total. The first-order valence-corrected chi connectivity index (χ1v) is 6.58. The SMILES string of the molecule is CC1CCC(C)N(CCC(=O)C(C)(C)C)C1. The molecule has 1 aliphatic heterocycles. The van der Waals surface area contributed by atoms with Crippen molar-refractivity contribution in [3.05, 3.63) is 0 Å². The van der Waals surface area contributed by atoms with Crippen LogP contribution in [0.1, 0.15) is 53.9 Å². The van der Waals surface area contributed by atoms with Gasteiger partial charge in [0, 0.05) is 31.0 Å². The minimum atomic E-state index is -0.176. The van der Waals surface area contributed by atoms with Crippen LogP contribution < -0.4 is 0 Å². The number of nitrogens with zero attached hydrogens (tertiary/aromatic N) is 1. The van der Waals surface area contributed by atoms with Gasteiger partial charge in [-0.25, -0.2) is 0 Å². The molecule has 2 atom stereocenters. The zero-order valence-electron chi connectivity index (χ0n) is 11.5. The standard InChI is InChI=1S/C14H27NO/c1-11-6-7-12(2)15(10-11)9-8-13(16)14(3,4)5/h11-12H,6-10H2,1-5H3. The zero-order valence-corrected chi connectivity index (χ0v) is 11.5. The molecular weight excluding hydrogens is 198 g/mol. The van der Waals surface area contributed by atoms with Gasteiger partial charge in [-0.15, -0.1) is 0 Å². The van der Waals surface area contributed by atoms with E-state index in [-0.39, 0.29) is 5.41 Å². The van der Waals surface area contributed by atoms with Gasteiger partial charge in [0.1, 0.15) is 5.78 Å². The second-order valence-electron chi connectivity index (χ2n) is 6.45. The Hall–Kier alpha value is -0.370. The van der Waals surface area contributed by atoms with Crippen molar-refractivity contribution in [2.24, 2.45) is 11.3 Å². The number of likely N-dealkylation sites (tertiary alicyclic amines) is 1. The third kappa shape index (κ3) is 3.89. The molecule has 0 amide bonds. The molecule has 94 valence electrons. The van der Waals surface area contributed by atoms with E-state index in [2.05, 4.69) is 18.7 Å². The molecule has 1 heterocycles. The summed E-state index contributed by atoms with van der Waals surface area (Å²) in [5.74, 6) is 1.18. The molecule has 1 rings (SSSR count). The van der Waals surface area contributed by atoms with Crippen LogP contribution in [0.15, 0.2) is 0 Å². The molecule has 0 aromatic heterocycles. The van der Waals surface area contributed by atoms with E-state index in [1.54, 1.807) is 0 Å². The molecule has 0 aliphatic carbocycles. The molecule has 0 radical (unpaired) electrons. The fourth-order valence-corrected chi connectivity index (χ4v) is 2.31. The number of ketones is 1. The lowest BCUT2D eigenvalue weighted by molar-refractivity contribution is -0.126. The largest absolute Gasteiger partial charge is 0.300 e. The van der Waals surface area contributed by atoms with Crippen molar-refractivity contribution in [1.29, 1.82) is 0 Å². The first-order valence-electron chi connectivity index (χ1n) is 6.58. The highest BCUT2D eigenvalue weighted by Gasteiger charge is 2.25. The summed E-state index contributed by atoms with van der Waals surface area (Å²) < 4.78 is 0. The molecule has 0 spiro atoms. The van der Waals surface area contributed by atoms with Gasteiger partial charge in [0.2, 0.25) is 0 Å². The number of hydrogen-bond acceptors (Lipinski definition) is 2. The molecule has 2 heteroatoms. The Balaban J connectivity index is 2.39. The molecule has 16 heavy (non-hydrogen) atoms. The van der Waals surface area contributed by atoms with Crippen LogP contribution in [0.4, 0.5) is 0 Å². The van der Waals surface area contributed by atoms with Crippen molar-refractivity contribution >= 4 is 5.78 Å². The molecular formula is C14H27NO. The Labute approximate surface area is 100 Å². The minimum Gasteiger partial charge on any atom is -0.300 e. The highest BCUT2D eigenvalue weighted by molar-refractivity contribution is 5.83. The number of Topliss-reactive ketones (excluding diaryl/α,β-unsaturated/α-hetero) is 1. The summed E-state index contributed by atoms with van der Waals surface area (Å²) in [6.07, 6.45) is 3.33. The third-order valence-corrected chi connectivity index (χ3v) is 3.71. The van der Waals surface area contributed by atoms with Gasteiger partial charge in [0.15, 0.2) is 0 Å². The van der Waals surface area contributed by atoms with Crippen LogP contribution in [0.3, 0.4) is 0 Å². The summed E-state index contributed by atoms with van der Waals surface area (Å²) in [5, 5.41) is 0. The van der Waals surface area contributed by atoms with Crippen molar-refractivity contribution in [2.45, 2.75) is 59.9 Å². The van der Waals surface area contributed by atoms with Gasteiger partial charge in [-0.05, 0) is 25.7 Å². The van der Waals surface area contributed by atoms with Gasteiger partial charge in [-0.3, -0.25) is 9.69 Å². The first-order chi connectivity index (χ1) is 7.30. The second-order valence-corrected chi connectivity index (χ2v) is 6.45. The summed E-state index contributed by atoms with van der Waals surface area (Å²) in [6.45, 7) is 12.7. The quantitative estimate of drug-likeness (QED) is 0.735. The van der Waals surface area contributed by atoms with Gasteiger partial charge >= 0.3 is 0 Å². The summed E-state index contributed by atoms with van der Waals surface area (Å²) in [6, 6.07) is 0.656. The number of piperidine rings is 1. The molecule has 1 saturated heterocycles. The van der Waals surface area contributed by atoms with Crippen molar-refractivity contribution in [2.75, 3.05) is 13.1 Å². The molecule has 0 N–H and O–H groups in total. The smallest absolute Gasteiger partial charge is 0.139 e. The van der Waals surface area contributed by atoms with E-state index in [0.717, 1.165) is 12.5 Å². The van der Waals surface area contributed by atoms with Crippen molar-refractivity contribution in [3.8, 4) is 0 Å². The van der Waals surface area contributed by atoms with Gasteiger partial charge in [-0.1, -0.05) is 27.7 Å². The highest BCUT2D eigenvalue weighted by Crippen LogP contribution is 2.23. The summed E-state index contributed by atoms with van der Waals surface area (Å²) >= 11 is 0. The number of carbonyl (C=O) groups is 1. The molecule has 0 aromatic rings. The number of carbonyl (C=O) groups excluding carboxylic acids is 1. The molecule has 0 bridgehead atoms. The average Bonchev–Trinajstić information content (AvgIpc) is 2.17. The van der Waals surface area contributed by atoms with E-state index in [1.165, 1.54) is 19.4 Å². The number of rotatable bonds is 3. The average molecular weight is 225 g/mol. The first kappa shape index (κ1) is 13.7. The maximum absolute atomic E-state index is 11.9. The van der Waals surface area contributed by atoms with Crippen LogP contribution in [-0.2, 0) is 4.79 Å². The van der Waals surface area contributed by atoms with Crippen LogP contribution in [0.2, 0.25) is 0 Å². The van der Waals surface area contributed by atoms with E-state index in [0.29, 0.717) is 18.2 Å². The van der Waals surface area contributed by atoms with Crippen LogP contribution in [0, 0.1) is 11.3 Å². The van der Waals surface area contributed by atoms with Crippen LogP contribution in [0.5, 0.6) is 0 Å². The predicted molar refractivity (Wildman–Crippen MR) is 68.5 cm³/mol. The Bertz CT molecular complexity index is 242. The molecule has 0 aromatic carbocycles. The zero-order chi connectivity index (χ0) is 12.3. The van der Waals surface area contributed by atoms with E-state index in [4.69, 9.17) is 0 Å². The Morgan fingerprint density at radius 2 is 1.88 bits per heavy atom. The fourth-order valence-electron chi connectivity index (χ4n) is 2.31. The Morgan fingerprint density at radius 3 is 2.44 bits per heavy atom. The maximum atomic E-state index is 11.9. The number of hydrogen-bond donors (Lipinski definition) is 0. The fraction of sp³-hybridized carbons (Fsp3) is 0.929. The lowest BCUT2D eigenvalue weighted by atomic mass is 9.88. The summed E-state index contributed by atoms with van der Waals surface area (Å²) in [7, 11) is 0. The minimum absolute atomic E-state index is 0.176. The van der Waals surface area contributed by atoms with Crippen LogP contribution in [0.25, 0.3) is 0 Å². The van der Waals surface area contributed by atoms with E-state index in [9.17, 15) is 4.79 Å². The van der Waals surface area contributed by atoms with E-state index >= 15 is 0 Å². The van der Waals surface area contributed by atoms with Crippen molar-refractivity contribution in [3.63, 3.8) is 0 Å². The van der Waals surface area contributed by atoms with Gasteiger partial charge in [-0.2, -0.15) is 0 Å². The highest BCUT2D eigenvalue weighted by atomic mass is 16.1. The topological polar surface area (TPSA) is 20.3 Å². The molecule has 0 saturated carbocycles. The Kier molecular flexibility index (Phi) is 4.54. The predicted octanol–water partition coefficient (Wildman–Crippen LogP) is 3.11. The maximum Gasteiger partial charge on any atom is 0.139 e. The van der Waals surface area contributed by atoms with E-state index in [1.807, 2.05) is 20.8 Å². The van der Waals surface area contributed by atoms with Gasteiger partial charge in [0.05, 0.1) is 0 Å². The molecule has 2 unspecified atom stereocenters. The molecule has 1 aliphatic rings. The lowest BCUT2D eigenvalue weighted by Crippen LogP contribution is -2.42. The lowest BCUT2D eigenvalue weighted by Gasteiger charge is -2.37. The second kappa shape index (κ2) is 5.31. The summed E-state index contributed by atoms with van der Waals surface area (Å²) in [5.41, 5.74) is -0.176.